The predicted molar refractivity (Wildman–Crippen MR) is 63.8 cm³/mol. The van der Waals surface area contributed by atoms with Crippen LogP contribution >= 0.6 is 0 Å². The van der Waals surface area contributed by atoms with Crippen LogP contribution in [0.15, 0.2) is 6.07 Å². The van der Waals surface area contributed by atoms with Gasteiger partial charge in [-0.3, -0.25) is 0 Å². The summed E-state index contributed by atoms with van der Waals surface area (Å²) >= 11 is 0. The second kappa shape index (κ2) is 5.14. The van der Waals surface area contributed by atoms with Gasteiger partial charge in [-0.2, -0.15) is 4.98 Å². The highest BCUT2D eigenvalue weighted by Gasteiger charge is 2.20. The first-order valence-electron chi connectivity index (χ1n) is 6.10. The van der Waals surface area contributed by atoms with E-state index in [4.69, 9.17) is 4.74 Å². The number of anilines is 1. The molecule has 0 unspecified atom stereocenters. The minimum Gasteiger partial charge on any atom is -0.474 e. The predicted octanol–water partition coefficient (Wildman–Crippen LogP) is 2.40. The van der Waals surface area contributed by atoms with Crippen LogP contribution in [0.2, 0.25) is 0 Å². The second-order valence-corrected chi connectivity index (χ2v) is 4.06. The maximum atomic E-state index is 5.79. The molecule has 1 N–H and O–H groups in total. The molecule has 1 aromatic heterocycles. The summed E-state index contributed by atoms with van der Waals surface area (Å²) in [5, 5.41) is 3.20. The summed E-state index contributed by atoms with van der Waals surface area (Å²) in [5.74, 6) is 2.42. The van der Waals surface area contributed by atoms with Gasteiger partial charge in [0, 0.05) is 19.0 Å². The third kappa shape index (κ3) is 2.62. The molecule has 16 heavy (non-hydrogen) atoms. The van der Waals surface area contributed by atoms with E-state index < -0.39 is 0 Å². The molecule has 1 fully saturated rings. The molecule has 0 radical (unpaired) electrons. The minimum atomic E-state index is 0.370. The lowest BCUT2D eigenvalue weighted by atomic mass is 9.96. The first kappa shape index (κ1) is 11.2. The third-order valence-electron chi connectivity index (χ3n) is 2.76. The fourth-order valence-corrected chi connectivity index (χ4v) is 1.62. The molecule has 2 rings (SSSR count). The van der Waals surface area contributed by atoms with Crippen LogP contribution in [0.25, 0.3) is 0 Å². The standard InChI is InChI=1S/C12H19N3O/c1-3-10-14-11(13-4-2)8-12(15-10)16-9-6-5-7-9/h8-9H,3-7H2,1-2H3,(H,13,14,15). The molecule has 4 heteroatoms. The quantitative estimate of drug-likeness (QED) is 0.829. The maximum Gasteiger partial charge on any atom is 0.218 e. The molecule has 1 heterocycles. The van der Waals surface area contributed by atoms with Gasteiger partial charge in [-0.25, -0.2) is 4.98 Å². The van der Waals surface area contributed by atoms with E-state index >= 15 is 0 Å². The smallest absolute Gasteiger partial charge is 0.218 e. The molecule has 0 amide bonds. The molecule has 0 aliphatic heterocycles. The Balaban J connectivity index is 2.11. The van der Waals surface area contributed by atoms with E-state index in [1.165, 1.54) is 6.42 Å². The van der Waals surface area contributed by atoms with Crippen LogP contribution in [0.1, 0.15) is 38.9 Å². The van der Waals surface area contributed by atoms with E-state index in [9.17, 15) is 0 Å². The number of rotatable bonds is 5. The summed E-state index contributed by atoms with van der Waals surface area (Å²) in [6.07, 6.45) is 4.79. The fraction of sp³-hybridized carbons (Fsp3) is 0.667. The van der Waals surface area contributed by atoms with Gasteiger partial charge in [0.1, 0.15) is 17.7 Å². The van der Waals surface area contributed by atoms with Crippen LogP contribution in [0.4, 0.5) is 5.82 Å². The van der Waals surface area contributed by atoms with Crippen LogP contribution in [0.5, 0.6) is 5.88 Å². The number of aryl methyl sites for hydroxylation is 1. The van der Waals surface area contributed by atoms with Gasteiger partial charge >= 0.3 is 0 Å². The molecule has 0 bridgehead atoms. The third-order valence-corrected chi connectivity index (χ3v) is 2.76. The molecular weight excluding hydrogens is 202 g/mol. The molecular formula is C12H19N3O. The fourth-order valence-electron chi connectivity index (χ4n) is 1.62. The van der Waals surface area contributed by atoms with E-state index in [1.54, 1.807) is 0 Å². The Bertz CT molecular complexity index is 350. The van der Waals surface area contributed by atoms with Crippen molar-refractivity contribution in [1.82, 2.24) is 9.97 Å². The topological polar surface area (TPSA) is 47.0 Å². The summed E-state index contributed by atoms with van der Waals surface area (Å²) in [6, 6.07) is 1.89. The van der Waals surface area contributed by atoms with Gasteiger partial charge in [-0.1, -0.05) is 6.92 Å². The number of hydrogen-bond acceptors (Lipinski definition) is 4. The molecule has 1 saturated carbocycles. The van der Waals surface area contributed by atoms with Gasteiger partial charge in [0.15, 0.2) is 0 Å². The largest absolute Gasteiger partial charge is 0.474 e. The Kier molecular flexibility index (Phi) is 3.59. The van der Waals surface area contributed by atoms with E-state index in [-0.39, 0.29) is 0 Å². The van der Waals surface area contributed by atoms with E-state index in [0.717, 1.165) is 37.4 Å². The molecule has 0 aromatic carbocycles. The number of aromatic nitrogens is 2. The lowest BCUT2D eigenvalue weighted by Gasteiger charge is -2.25. The Morgan fingerprint density at radius 3 is 2.75 bits per heavy atom. The average molecular weight is 221 g/mol. The van der Waals surface area contributed by atoms with Crippen molar-refractivity contribution in [3.05, 3.63) is 11.9 Å². The lowest BCUT2D eigenvalue weighted by Crippen LogP contribution is -2.25. The van der Waals surface area contributed by atoms with Gasteiger partial charge in [0.25, 0.3) is 0 Å². The zero-order valence-corrected chi connectivity index (χ0v) is 9.99. The van der Waals surface area contributed by atoms with Gasteiger partial charge in [-0.15, -0.1) is 0 Å². The minimum absolute atomic E-state index is 0.370. The van der Waals surface area contributed by atoms with Crippen molar-refractivity contribution in [2.45, 2.75) is 45.6 Å². The van der Waals surface area contributed by atoms with Gasteiger partial charge < -0.3 is 10.1 Å². The summed E-state index contributed by atoms with van der Waals surface area (Å²) < 4.78 is 5.79. The summed E-state index contributed by atoms with van der Waals surface area (Å²) in [4.78, 5) is 8.77. The number of ether oxygens (including phenoxy) is 1. The summed E-state index contributed by atoms with van der Waals surface area (Å²) in [5.41, 5.74) is 0. The molecule has 0 atom stereocenters. The molecule has 1 aromatic rings. The van der Waals surface area contributed by atoms with Crippen molar-refractivity contribution in [2.24, 2.45) is 0 Å². The molecule has 0 saturated heterocycles. The Hall–Kier alpha value is -1.32. The molecule has 1 aliphatic rings. The van der Waals surface area contributed by atoms with Gasteiger partial charge in [-0.05, 0) is 26.2 Å². The van der Waals surface area contributed by atoms with Crippen LogP contribution < -0.4 is 10.1 Å². The first-order chi connectivity index (χ1) is 7.81. The van der Waals surface area contributed by atoms with Crippen LogP contribution in [-0.4, -0.2) is 22.6 Å². The summed E-state index contributed by atoms with van der Waals surface area (Å²) in [6.45, 7) is 4.97. The molecule has 4 nitrogen and oxygen atoms in total. The van der Waals surface area contributed by atoms with Crippen LogP contribution in [0.3, 0.4) is 0 Å². The number of hydrogen-bond donors (Lipinski definition) is 1. The number of nitrogens with one attached hydrogen (secondary N) is 1. The summed E-state index contributed by atoms with van der Waals surface area (Å²) in [7, 11) is 0. The highest BCUT2D eigenvalue weighted by molar-refractivity contribution is 5.38. The molecule has 88 valence electrons. The van der Waals surface area contributed by atoms with E-state index in [2.05, 4.69) is 29.1 Å². The van der Waals surface area contributed by atoms with Crippen molar-refractivity contribution in [3.8, 4) is 5.88 Å². The Morgan fingerprint density at radius 1 is 1.38 bits per heavy atom. The van der Waals surface area contributed by atoms with Crippen molar-refractivity contribution in [1.29, 1.82) is 0 Å². The van der Waals surface area contributed by atoms with Crippen LogP contribution in [-0.2, 0) is 6.42 Å². The zero-order valence-electron chi connectivity index (χ0n) is 9.99. The van der Waals surface area contributed by atoms with Crippen molar-refractivity contribution < 1.29 is 4.74 Å². The van der Waals surface area contributed by atoms with Crippen molar-refractivity contribution in [3.63, 3.8) is 0 Å². The SMILES string of the molecule is CCNc1cc(OC2CCC2)nc(CC)n1. The second-order valence-electron chi connectivity index (χ2n) is 4.06. The van der Waals surface area contributed by atoms with Crippen molar-refractivity contribution >= 4 is 5.82 Å². The monoisotopic (exact) mass is 221 g/mol. The Morgan fingerprint density at radius 2 is 2.19 bits per heavy atom. The molecule has 0 spiro atoms. The normalized spacial score (nSPS) is 15.6. The maximum absolute atomic E-state index is 5.79. The van der Waals surface area contributed by atoms with Crippen molar-refractivity contribution in [2.75, 3.05) is 11.9 Å². The van der Waals surface area contributed by atoms with E-state index in [0.29, 0.717) is 12.0 Å². The number of nitrogens with zero attached hydrogens (tertiary/aromatic N) is 2. The average Bonchev–Trinajstić information content (AvgIpc) is 2.24. The van der Waals surface area contributed by atoms with Gasteiger partial charge in [0.05, 0.1) is 0 Å². The van der Waals surface area contributed by atoms with Gasteiger partial charge in [0.2, 0.25) is 5.88 Å². The Labute approximate surface area is 96.4 Å². The highest BCUT2D eigenvalue weighted by atomic mass is 16.5. The van der Waals surface area contributed by atoms with Crippen LogP contribution in [0, 0.1) is 0 Å². The first-order valence-corrected chi connectivity index (χ1v) is 6.10. The van der Waals surface area contributed by atoms with E-state index in [1.807, 2.05) is 6.07 Å². The lowest BCUT2D eigenvalue weighted by molar-refractivity contribution is 0.114. The molecule has 1 aliphatic carbocycles. The highest BCUT2D eigenvalue weighted by Crippen LogP contribution is 2.25. The zero-order chi connectivity index (χ0) is 11.4.